The minimum absolute atomic E-state index is 0.0533. The molecule has 1 saturated heterocycles. The summed E-state index contributed by atoms with van der Waals surface area (Å²) in [5.41, 5.74) is 4.61. The maximum Gasteiger partial charge on any atom is 0.170 e. The Morgan fingerprint density at radius 2 is 1.71 bits per heavy atom. The molecule has 146 valence electrons. The molecule has 0 bridgehead atoms. The fraction of sp³-hybridized carbons (Fsp3) is 0.375. The number of rotatable bonds is 5. The van der Waals surface area contributed by atoms with Crippen LogP contribution in [0.1, 0.15) is 34.3 Å². The van der Waals surface area contributed by atoms with Gasteiger partial charge in [0.2, 0.25) is 0 Å². The first-order chi connectivity index (χ1) is 13.7. The molecule has 0 N–H and O–H groups in total. The van der Waals surface area contributed by atoms with Crippen molar-refractivity contribution >= 4 is 5.78 Å². The summed E-state index contributed by atoms with van der Waals surface area (Å²) in [5, 5.41) is 0. The van der Waals surface area contributed by atoms with Gasteiger partial charge in [0.25, 0.3) is 0 Å². The van der Waals surface area contributed by atoms with Crippen LogP contribution in [0.2, 0.25) is 0 Å². The normalized spacial score (nSPS) is 19.4. The molecule has 2 aromatic carbocycles. The lowest BCUT2D eigenvalue weighted by Gasteiger charge is -2.28. The number of ether oxygens (including phenoxy) is 2. The predicted octanol–water partition coefficient (Wildman–Crippen LogP) is 4.28. The van der Waals surface area contributed by atoms with E-state index in [-0.39, 0.29) is 11.7 Å². The van der Waals surface area contributed by atoms with Crippen LogP contribution in [-0.2, 0) is 13.0 Å². The third kappa shape index (κ3) is 3.83. The maximum absolute atomic E-state index is 12.9. The zero-order chi connectivity index (χ0) is 19.5. The van der Waals surface area contributed by atoms with E-state index in [4.69, 9.17) is 9.47 Å². The van der Waals surface area contributed by atoms with E-state index in [9.17, 15) is 4.79 Å². The van der Waals surface area contributed by atoms with E-state index in [0.717, 1.165) is 50.0 Å². The Hall–Kier alpha value is -2.59. The van der Waals surface area contributed by atoms with Crippen LogP contribution in [0.5, 0.6) is 11.5 Å². The number of fused-ring (bicyclic) bond motifs is 1. The van der Waals surface area contributed by atoms with E-state index in [2.05, 4.69) is 41.3 Å². The van der Waals surface area contributed by atoms with Crippen LogP contribution in [0.4, 0.5) is 0 Å². The van der Waals surface area contributed by atoms with Crippen LogP contribution in [0.3, 0.4) is 0 Å². The monoisotopic (exact) mass is 377 g/mol. The number of hydrogen-bond donors (Lipinski definition) is 0. The molecule has 0 spiro atoms. The Bertz CT molecular complexity index is 878. The number of carbonyl (C=O) groups excluding carboxylic acids is 1. The van der Waals surface area contributed by atoms with Crippen molar-refractivity contribution in [3.63, 3.8) is 0 Å². The highest BCUT2D eigenvalue weighted by Gasteiger charge is 2.31. The Balaban J connectivity index is 1.41. The highest BCUT2D eigenvalue weighted by atomic mass is 16.5. The van der Waals surface area contributed by atoms with Gasteiger partial charge >= 0.3 is 0 Å². The first-order valence-corrected chi connectivity index (χ1v) is 9.93. The van der Waals surface area contributed by atoms with E-state index in [1.807, 2.05) is 12.1 Å². The molecule has 4 nitrogen and oxygen atoms in total. The Kier molecular flexibility index (Phi) is 5.49. The summed E-state index contributed by atoms with van der Waals surface area (Å²) in [6.45, 7) is 3.11. The largest absolute Gasteiger partial charge is 0.493 e. The molecule has 4 rings (SSSR count). The van der Waals surface area contributed by atoms with Crippen LogP contribution in [0.25, 0.3) is 0 Å². The molecule has 1 fully saturated rings. The summed E-state index contributed by atoms with van der Waals surface area (Å²) in [6, 6.07) is 14.4. The number of likely N-dealkylation sites (tertiary alicyclic amines) is 1. The number of piperidine rings is 1. The van der Waals surface area contributed by atoms with Crippen LogP contribution in [0, 0.1) is 5.92 Å². The Labute approximate surface area is 166 Å². The molecular formula is C24H27NO3. The molecule has 0 saturated carbocycles. The van der Waals surface area contributed by atoms with Gasteiger partial charge in [0.1, 0.15) is 0 Å². The van der Waals surface area contributed by atoms with E-state index in [1.165, 1.54) is 11.1 Å². The second kappa shape index (κ2) is 8.19. The zero-order valence-electron chi connectivity index (χ0n) is 16.6. The topological polar surface area (TPSA) is 38.8 Å². The second-order valence-electron chi connectivity index (χ2n) is 7.63. The molecule has 1 unspecified atom stereocenters. The molecular weight excluding hydrogens is 350 g/mol. The molecule has 0 radical (unpaired) electrons. The van der Waals surface area contributed by atoms with Gasteiger partial charge in [-0.3, -0.25) is 9.69 Å². The summed E-state index contributed by atoms with van der Waals surface area (Å²) >= 11 is 0. The van der Waals surface area contributed by atoms with Gasteiger partial charge in [-0.05, 0) is 42.5 Å². The third-order valence-corrected chi connectivity index (χ3v) is 5.84. The second-order valence-corrected chi connectivity index (χ2v) is 7.63. The number of Topliss-reactive ketones (excluding diaryl/α,β-unsaturated/α-hetero) is 1. The number of benzene rings is 2. The minimum atomic E-state index is -0.0533. The maximum atomic E-state index is 12.9. The average Bonchev–Trinajstić information content (AvgIpc) is 3.03. The van der Waals surface area contributed by atoms with Gasteiger partial charge in [0.05, 0.1) is 14.2 Å². The fourth-order valence-corrected chi connectivity index (χ4v) is 4.27. The SMILES string of the molecule is COc1cc2c(cc1OC)C(=O)C(C=C1CCN(Cc3ccccc3)CC1)C2. The molecule has 2 aliphatic rings. The van der Waals surface area contributed by atoms with E-state index < -0.39 is 0 Å². The van der Waals surface area contributed by atoms with Crippen molar-refractivity contribution in [3.05, 3.63) is 70.8 Å². The summed E-state index contributed by atoms with van der Waals surface area (Å²) in [7, 11) is 3.23. The number of carbonyl (C=O) groups is 1. The number of allylic oxidation sites excluding steroid dienone is 1. The molecule has 1 aliphatic carbocycles. The zero-order valence-corrected chi connectivity index (χ0v) is 16.6. The van der Waals surface area contributed by atoms with Crippen molar-refractivity contribution in [2.75, 3.05) is 27.3 Å². The molecule has 0 amide bonds. The van der Waals surface area contributed by atoms with Crippen molar-refractivity contribution in [1.82, 2.24) is 4.90 Å². The first kappa shape index (κ1) is 18.8. The van der Waals surface area contributed by atoms with Crippen molar-refractivity contribution in [2.24, 2.45) is 5.92 Å². The molecule has 4 heteroatoms. The average molecular weight is 377 g/mol. The van der Waals surface area contributed by atoms with Gasteiger partial charge in [-0.25, -0.2) is 0 Å². The van der Waals surface area contributed by atoms with E-state index in [1.54, 1.807) is 14.2 Å². The molecule has 1 heterocycles. The molecule has 28 heavy (non-hydrogen) atoms. The molecule has 0 aromatic heterocycles. The Morgan fingerprint density at radius 3 is 2.39 bits per heavy atom. The predicted molar refractivity (Wildman–Crippen MR) is 110 cm³/mol. The molecule has 1 aliphatic heterocycles. The number of hydrogen-bond acceptors (Lipinski definition) is 4. The lowest BCUT2D eigenvalue weighted by Crippen LogP contribution is -2.30. The van der Waals surface area contributed by atoms with Crippen LogP contribution in [0.15, 0.2) is 54.1 Å². The van der Waals surface area contributed by atoms with Crippen LogP contribution < -0.4 is 9.47 Å². The molecule has 1 atom stereocenters. The minimum Gasteiger partial charge on any atom is -0.493 e. The van der Waals surface area contributed by atoms with Gasteiger partial charge in [-0.15, -0.1) is 0 Å². The van der Waals surface area contributed by atoms with Gasteiger partial charge in [0.15, 0.2) is 17.3 Å². The third-order valence-electron chi connectivity index (χ3n) is 5.84. The fourth-order valence-electron chi connectivity index (χ4n) is 4.27. The Morgan fingerprint density at radius 1 is 1.04 bits per heavy atom. The van der Waals surface area contributed by atoms with Crippen LogP contribution >= 0.6 is 0 Å². The summed E-state index contributed by atoms with van der Waals surface area (Å²) < 4.78 is 10.7. The van der Waals surface area contributed by atoms with Crippen LogP contribution in [-0.4, -0.2) is 38.0 Å². The summed E-state index contributed by atoms with van der Waals surface area (Å²) in [5.74, 6) is 1.46. The standard InChI is InChI=1S/C24H27NO3/c1-27-22-14-19-13-20(24(26)21(19)15-23(22)28-2)12-17-8-10-25(11-9-17)16-18-6-4-3-5-7-18/h3-7,12,14-15,20H,8-11,13,16H2,1-2H3. The lowest BCUT2D eigenvalue weighted by atomic mass is 9.95. The number of nitrogens with zero attached hydrogens (tertiary/aromatic N) is 1. The van der Waals surface area contributed by atoms with E-state index >= 15 is 0 Å². The van der Waals surface area contributed by atoms with Gasteiger partial charge in [-0.1, -0.05) is 42.0 Å². The van der Waals surface area contributed by atoms with Crippen molar-refractivity contribution in [1.29, 1.82) is 0 Å². The smallest absolute Gasteiger partial charge is 0.170 e. The van der Waals surface area contributed by atoms with Crippen molar-refractivity contribution in [2.45, 2.75) is 25.8 Å². The van der Waals surface area contributed by atoms with E-state index in [0.29, 0.717) is 11.5 Å². The summed E-state index contributed by atoms with van der Waals surface area (Å²) in [4.78, 5) is 15.4. The first-order valence-electron chi connectivity index (χ1n) is 9.93. The lowest BCUT2D eigenvalue weighted by molar-refractivity contribution is 0.0959. The van der Waals surface area contributed by atoms with Crippen molar-refractivity contribution < 1.29 is 14.3 Å². The summed E-state index contributed by atoms with van der Waals surface area (Å²) in [6.07, 6.45) is 5.06. The van der Waals surface area contributed by atoms with Crippen molar-refractivity contribution in [3.8, 4) is 11.5 Å². The van der Waals surface area contributed by atoms with Gasteiger partial charge < -0.3 is 9.47 Å². The highest BCUT2D eigenvalue weighted by Crippen LogP contribution is 2.37. The molecule has 2 aromatic rings. The number of methoxy groups -OCH3 is 2. The highest BCUT2D eigenvalue weighted by molar-refractivity contribution is 6.04. The number of ketones is 1. The quantitative estimate of drug-likeness (QED) is 0.729. The van der Waals surface area contributed by atoms with Gasteiger partial charge in [0, 0.05) is 31.1 Å². The van der Waals surface area contributed by atoms with Gasteiger partial charge in [-0.2, -0.15) is 0 Å².